The maximum Gasteiger partial charge on any atom is 0.323 e. The Hall–Kier alpha value is -13.7. The number of amides is 18. The minimum Gasteiger partial charge on any atom is -0.508 e. The molecule has 16 atom stereocenters. The first-order valence-electron chi connectivity index (χ1n) is 46.8. The molecule has 3 saturated heterocycles. The van der Waals surface area contributed by atoms with Gasteiger partial charge in [0, 0.05) is 113 Å². The van der Waals surface area contributed by atoms with E-state index in [0.29, 0.717) is 57.8 Å². The lowest BCUT2D eigenvalue weighted by atomic mass is 9.99. The Kier molecular flexibility index (Phi) is 42.1. The Morgan fingerprint density at radius 1 is 0.593 bits per heavy atom. The number of carbonyl (C=O) groups excluding carboxylic acids is 18. The van der Waals surface area contributed by atoms with Crippen molar-refractivity contribution in [1.29, 1.82) is 0 Å². The number of nitrogens with one attached hydrogen (secondary N) is 12. The number of fused-ring (bicyclic) bond motifs is 4. The average Bonchev–Trinajstić information content (AvgIpc) is 1.61. The fourth-order valence-electron chi connectivity index (χ4n) is 17.1. The van der Waals surface area contributed by atoms with Gasteiger partial charge in [0.2, 0.25) is 106 Å². The van der Waals surface area contributed by atoms with Gasteiger partial charge in [-0.25, -0.2) is 0 Å². The van der Waals surface area contributed by atoms with Gasteiger partial charge in [0.15, 0.2) is 0 Å². The van der Waals surface area contributed by atoms with Crippen molar-refractivity contribution >= 4 is 146 Å². The number of terminal acetylenes is 1. The van der Waals surface area contributed by atoms with Gasteiger partial charge in [-0.1, -0.05) is 116 Å². The number of nitrogens with zero attached hydrogens (tertiary/aromatic N) is 6. The molecule has 44 nitrogen and oxygen atoms in total. The number of likely N-dealkylation sites (N-methyl/N-ethyl adjacent to an activating group) is 3. The normalized spacial score (nSPS) is 24.5. The number of phenols is 1. The molecule has 140 heavy (non-hydrogen) atoms. The highest BCUT2D eigenvalue weighted by Crippen LogP contribution is 2.29. The van der Waals surface area contributed by atoms with Gasteiger partial charge in [0.05, 0.1) is 31.4 Å². The molecule has 3 fully saturated rings. The summed E-state index contributed by atoms with van der Waals surface area (Å²) >= 11 is 0.732. The molecule has 0 radical (unpaired) electrons. The molecule has 22 N–H and O–H groups in total. The van der Waals surface area contributed by atoms with Gasteiger partial charge in [-0.15, -0.1) is 24.1 Å². The number of primary amides is 2. The van der Waals surface area contributed by atoms with Crippen LogP contribution in [0.3, 0.4) is 0 Å². The van der Waals surface area contributed by atoms with Crippen molar-refractivity contribution in [2.75, 3.05) is 65.4 Å². The number of carboxylic acids is 1. The van der Waals surface area contributed by atoms with Crippen molar-refractivity contribution in [3.63, 3.8) is 0 Å². The highest BCUT2D eigenvalue weighted by atomic mass is 32.2. The van der Waals surface area contributed by atoms with E-state index in [0.717, 1.165) is 36.3 Å². The number of unbranched alkanes of at least 4 members (excludes halogenated alkanes) is 2. The minimum atomic E-state index is -1.97. The van der Waals surface area contributed by atoms with Crippen molar-refractivity contribution in [2.45, 2.75) is 254 Å². The first-order chi connectivity index (χ1) is 66.4. The fraction of sp³-hybridized carbons (Fsp3) is 0.547. The molecule has 762 valence electrons. The number of hydrogen-bond donors (Lipinski definition) is 19. The Labute approximate surface area is 814 Å². The first-order valence-corrected chi connectivity index (χ1v) is 48.0. The number of para-hydroxylation sites is 2. The topological polar surface area (TPSA) is 653 Å². The smallest absolute Gasteiger partial charge is 0.323 e. The zero-order valence-electron chi connectivity index (χ0n) is 80.4. The van der Waals surface area contributed by atoms with Crippen LogP contribution in [0.25, 0.3) is 21.8 Å². The lowest BCUT2D eigenvalue weighted by molar-refractivity contribution is -0.149. The van der Waals surface area contributed by atoms with E-state index < -0.39 is 279 Å². The molecule has 0 aliphatic carbocycles. The summed E-state index contributed by atoms with van der Waals surface area (Å²) in [4.78, 5) is 285. The van der Waals surface area contributed by atoms with Gasteiger partial charge < -0.3 is 130 Å². The second-order valence-corrected chi connectivity index (χ2v) is 37.4. The van der Waals surface area contributed by atoms with Crippen molar-refractivity contribution < 1.29 is 112 Å². The van der Waals surface area contributed by atoms with Gasteiger partial charge in [-0.3, -0.25) is 91.1 Å². The van der Waals surface area contributed by atoms with E-state index in [1.54, 1.807) is 82.4 Å². The fourth-order valence-corrected chi connectivity index (χ4v) is 18.0. The van der Waals surface area contributed by atoms with Gasteiger partial charge in [-0.2, -0.15) is 0 Å². The molecule has 3 aliphatic rings. The van der Waals surface area contributed by atoms with Crippen molar-refractivity contribution in [3.8, 4) is 18.1 Å². The SMILES string of the molecule is C#CC[C@H](NC(=O)CNC(=O)[C@@H]1CSCC(=O)N[C@@H](Cc2ccc(O)cc2)C(=O)N(C)[C@@H](C)C(=O)N[C@@H](CC(N)=O)C(=O)N2CCC[C@H]2C(=O)N[C@@H](CN)C(=O)N[C@@H](CC(C)C)C(=O)N2C[C@H](O)C[C@H]2C(=O)N[C@@H](Cc2c[nH]c3ccccc23)C(=O)N[C@@H](CO)C(=O)N[C@@H](Cc2cn(CC(=O)O)c3ccccc23)C(=O)N(C)[C@@H](CCCC)C(=O)N(C)[C@@H](CCCC)C(=O)N[C@@H](CC(C)C)C(=O)N1)C(N)=O. The Morgan fingerprint density at radius 2 is 1.14 bits per heavy atom. The Balaban J connectivity index is 1.21. The Bertz CT molecular complexity index is 5350. The molecule has 0 unspecified atom stereocenters. The van der Waals surface area contributed by atoms with Gasteiger partial charge in [0.1, 0.15) is 103 Å². The highest BCUT2D eigenvalue weighted by molar-refractivity contribution is 8.00. The first kappa shape index (κ1) is 112. The van der Waals surface area contributed by atoms with E-state index in [9.17, 15) is 73.2 Å². The number of benzene rings is 3. The third-order valence-corrected chi connectivity index (χ3v) is 25.8. The van der Waals surface area contributed by atoms with Crippen LogP contribution in [-0.2, 0) is 117 Å². The van der Waals surface area contributed by atoms with Crippen LogP contribution in [0, 0.1) is 24.2 Å². The van der Waals surface area contributed by atoms with Crippen LogP contribution in [0.15, 0.2) is 85.2 Å². The number of aromatic amines is 1. The molecule has 0 saturated carbocycles. The van der Waals surface area contributed by atoms with Gasteiger partial charge in [0.25, 0.3) is 0 Å². The minimum absolute atomic E-state index is 0.0378. The second kappa shape index (κ2) is 52.9. The maximum absolute atomic E-state index is 15.9. The molecule has 8 rings (SSSR count). The van der Waals surface area contributed by atoms with Crippen LogP contribution in [0.4, 0.5) is 0 Å². The molecule has 0 bridgehead atoms. The molecule has 2 aromatic heterocycles. The average molecular weight is 1970 g/mol. The van der Waals surface area contributed by atoms with Crippen molar-refractivity contribution in [2.24, 2.45) is 29.0 Å². The number of phenolic OH excluding ortho intramolecular Hbond substituents is 1. The number of carboxylic acid groups (broad SMARTS) is 1. The van der Waals surface area contributed by atoms with Gasteiger partial charge in [-0.05, 0) is 98.2 Å². The lowest BCUT2D eigenvalue weighted by Crippen LogP contribution is -2.62. The van der Waals surface area contributed by atoms with Crippen molar-refractivity contribution in [3.05, 3.63) is 102 Å². The third kappa shape index (κ3) is 30.9. The number of aliphatic carboxylic acids is 1. The standard InChI is InChI=1S/C95H133N21O23S/c1-12-15-26-73-88(132)103-63(35-51(4)5)84(128)110-71(83(127)100-44-78(121)101-62(22-14-3)81(98)125)49-140-50-79(122)102-66(37-54-30-32-57(118)33-31-54)91(135)111(9)53(8)82(126)105-68(41-77(97)120)93(137)115-34-21-29-74(115)89(133)108-69(42-96)86(130)106-65(36-52(6)7)94(138)116-46-58(119)40-76(116)90(134)104-64(38-55-43-99-61-25-19-17-23-59(55)61)85(129)109-70(48-117)87(131)107-67(92(136)113(11)75(27-16-13-2)95(139)112(73)10)39-56-45-114(47-80(123)124)72-28-20-18-24-60(56)72/h3,17-20,23-25,28,30-33,43,45,51-53,58,62-71,73-76,99,117-119H,12-13,15-16,21-22,26-27,29,34-42,44,46-50,96H2,1-2,4-11H3,(H2,97,120)(H2,98,125)(H,100,127)(H,101,121)(H,102,122)(H,103,132)(H,104,134)(H,105,126)(H,106,130)(H,107,131)(H,108,133)(H,109,129)(H,110,128)(H,123,124)/t53-,58+,62-,63-,64-,65-,66-,67-,68-,69-,70-,71-,73-,74-,75-,76-/m0/s1. The molecule has 3 aromatic carbocycles. The highest BCUT2D eigenvalue weighted by Gasteiger charge is 2.47. The number of rotatable bonds is 28. The van der Waals surface area contributed by atoms with Crippen LogP contribution in [-0.4, -0.2) is 329 Å². The van der Waals surface area contributed by atoms with E-state index in [4.69, 9.17) is 23.6 Å². The second-order valence-electron chi connectivity index (χ2n) is 36.4. The zero-order chi connectivity index (χ0) is 103. The van der Waals surface area contributed by atoms with Crippen LogP contribution in [0.1, 0.15) is 149 Å². The van der Waals surface area contributed by atoms with E-state index >= 15 is 38.4 Å². The maximum atomic E-state index is 15.9. The van der Waals surface area contributed by atoms with Crippen LogP contribution in [0.5, 0.6) is 5.75 Å². The summed E-state index contributed by atoms with van der Waals surface area (Å²) in [6.07, 6.45) is 5.62. The molecule has 3 aliphatic heterocycles. The molecular formula is C95H133N21O23S. The summed E-state index contributed by atoms with van der Waals surface area (Å²) < 4.78 is 1.40. The molecule has 5 heterocycles. The molecule has 18 amide bonds. The summed E-state index contributed by atoms with van der Waals surface area (Å²) in [5.41, 5.74) is 19.5. The van der Waals surface area contributed by atoms with Crippen LogP contribution in [0.2, 0.25) is 0 Å². The number of hydrogen-bond acceptors (Lipinski definition) is 24. The number of nitrogens with two attached hydrogens (primary N) is 3. The lowest BCUT2D eigenvalue weighted by Gasteiger charge is -2.36. The number of aromatic hydroxyl groups is 1. The van der Waals surface area contributed by atoms with Crippen molar-refractivity contribution in [1.82, 2.24) is 92.5 Å². The summed E-state index contributed by atoms with van der Waals surface area (Å²) in [6, 6.07) is -4.91. The van der Waals surface area contributed by atoms with E-state index in [1.807, 2.05) is 13.8 Å². The Morgan fingerprint density at radius 3 is 1.78 bits per heavy atom. The predicted octanol–water partition coefficient (Wildman–Crippen LogP) is -3.09. The van der Waals surface area contributed by atoms with E-state index in [1.165, 1.54) is 63.1 Å². The monoisotopic (exact) mass is 1970 g/mol. The number of aliphatic hydroxyl groups is 2. The summed E-state index contributed by atoms with van der Waals surface area (Å²) in [6.45, 7) is 7.95. The zero-order valence-corrected chi connectivity index (χ0v) is 81.2. The van der Waals surface area contributed by atoms with Crippen LogP contribution >= 0.6 is 11.8 Å². The quantitative estimate of drug-likeness (QED) is 0.0221. The molecule has 45 heteroatoms. The number of aliphatic hydroxyl groups excluding tert-OH is 2. The number of carbonyl (C=O) groups is 19. The predicted molar refractivity (Wildman–Crippen MR) is 513 cm³/mol. The van der Waals surface area contributed by atoms with Gasteiger partial charge >= 0.3 is 5.97 Å². The summed E-state index contributed by atoms with van der Waals surface area (Å²) in [5, 5.41) is 72.5. The molecular weight excluding hydrogens is 1840 g/mol. The molecule has 0 spiro atoms. The number of H-pyrrole nitrogens is 1. The molecule has 5 aromatic rings. The van der Waals surface area contributed by atoms with E-state index in [-0.39, 0.29) is 82.4 Å². The largest absolute Gasteiger partial charge is 0.508 e. The number of aromatic nitrogens is 2. The summed E-state index contributed by atoms with van der Waals surface area (Å²) in [5.74, 6) is -18.8. The van der Waals surface area contributed by atoms with E-state index in [2.05, 4.69) is 69.4 Å². The van der Waals surface area contributed by atoms with Crippen LogP contribution < -0.4 is 75.7 Å². The third-order valence-electron chi connectivity index (χ3n) is 24.8. The number of thioether (sulfide) groups is 1. The summed E-state index contributed by atoms with van der Waals surface area (Å²) in [7, 11) is 3.81.